The highest BCUT2D eigenvalue weighted by Crippen LogP contribution is 2.25. The van der Waals surface area contributed by atoms with Gasteiger partial charge in [-0.25, -0.2) is 4.79 Å². The smallest absolute Gasteiger partial charge is 0.326 e. The molecule has 5 aromatic rings. The number of amides is 17. The van der Waals surface area contributed by atoms with E-state index in [1.165, 1.54) is 36.0 Å². The maximum atomic E-state index is 14.9. The van der Waals surface area contributed by atoms with E-state index in [0.717, 1.165) is 22.7 Å². The number of rotatable bonds is 61. The largest absolute Gasteiger partial charge is 0.508 e. The number of aliphatic hydroxyl groups excluding tert-OH is 5. The number of fused-ring (bicyclic) bond motifs is 2. The quantitative estimate of drug-likeness (QED) is 0.00744. The van der Waals surface area contributed by atoms with E-state index in [4.69, 9.17) is 16.9 Å². The number of carbonyl (C=O) groups excluding carboxylic acids is 17. The SMILES string of the molecule is CC[C@H](C)[C@H](NC(=O)[C@H](Cc1ccc(O)cc1)NC(=O)[C@H](CO)NC(=O)[C@@H](N)CCSC)C(=O)NCC(=O)NCC(=O)N[C@@H](CCC(=O)O)C(=O)N[C@@H](CC(=O)O)C(=O)N[C@@H](CO)C(=O)N[C@@H](CO)C(=O)N[C@@H](CO)C(=O)N[C@H](C(=O)N[C@@H](CS)C(=O)N1CCC[C@H]1C(=O)N[C@@H](CCCNC(=N)N)C(=O)N[C@@H](Cc1c[nH]c2ccccc12)C(=O)N[C@H](C(=O)N[C@@H](Cc1c[nH]c2ccccc12)C(=O)O)C(C)C)[C@@H](C)O. The van der Waals surface area contributed by atoms with Gasteiger partial charge >= 0.3 is 17.9 Å². The number of benzene rings is 3. The summed E-state index contributed by atoms with van der Waals surface area (Å²) in [5, 5.41) is 140. The lowest BCUT2D eigenvalue weighted by Crippen LogP contribution is -2.63. The van der Waals surface area contributed by atoms with Crippen LogP contribution in [0.1, 0.15) is 109 Å². The predicted molar refractivity (Wildman–Crippen MR) is 519 cm³/mol. The van der Waals surface area contributed by atoms with Crippen LogP contribution in [-0.2, 0) is 115 Å². The number of carboxylic acid groups (broad SMARTS) is 3. The summed E-state index contributed by atoms with van der Waals surface area (Å²) < 4.78 is 0. The molecule has 3 heterocycles. The van der Waals surface area contributed by atoms with E-state index >= 15 is 0 Å². The van der Waals surface area contributed by atoms with E-state index in [1.807, 2.05) is 21.3 Å². The number of aromatic amines is 2. The van der Waals surface area contributed by atoms with Crippen LogP contribution >= 0.6 is 24.4 Å². The van der Waals surface area contributed by atoms with Gasteiger partial charge in [-0.05, 0) is 110 Å². The van der Waals surface area contributed by atoms with Crippen molar-refractivity contribution in [1.82, 2.24) is 105 Å². The van der Waals surface area contributed by atoms with Gasteiger partial charge in [-0.2, -0.15) is 24.4 Å². The van der Waals surface area contributed by atoms with Crippen molar-refractivity contribution in [2.75, 3.05) is 70.4 Å². The molecule has 0 radical (unpaired) electrons. The van der Waals surface area contributed by atoms with Crippen LogP contribution in [0.4, 0.5) is 0 Å². The van der Waals surface area contributed by atoms with Crippen molar-refractivity contribution >= 4 is 170 Å². The summed E-state index contributed by atoms with van der Waals surface area (Å²) >= 11 is 5.69. The fraction of sp³-hybridized carbons (Fsp3) is 0.522. The number of H-pyrrole nitrogens is 2. The highest BCUT2D eigenvalue weighted by atomic mass is 32.2. The number of nitrogens with zero attached hydrogens (tertiary/aromatic N) is 1. The molecule has 0 bridgehead atoms. The van der Waals surface area contributed by atoms with Crippen molar-refractivity contribution in [3.05, 3.63) is 102 Å². The van der Waals surface area contributed by atoms with Gasteiger partial charge < -0.3 is 163 Å². The second-order valence-electron chi connectivity index (χ2n) is 34.4. The van der Waals surface area contributed by atoms with Gasteiger partial charge in [0.15, 0.2) is 5.96 Å². The number of carbonyl (C=O) groups is 20. The number of nitrogens with two attached hydrogens (primary N) is 2. The Kier molecular flexibility index (Phi) is 48.4. The van der Waals surface area contributed by atoms with Crippen LogP contribution in [0.25, 0.3) is 21.8 Å². The monoisotopic (exact) mass is 2060 g/mol. The van der Waals surface area contributed by atoms with Gasteiger partial charge in [-0.3, -0.25) is 96.5 Å². The molecule has 18 atom stereocenters. The fourth-order valence-electron chi connectivity index (χ4n) is 15.0. The number of hydrogen-bond acceptors (Lipinski definition) is 30. The molecule has 0 spiro atoms. The first-order valence-electron chi connectivity index (χ1n) is 46.0. The molecule has 0 aliphatic carbocycles. The first-order valence-corrected chi connectivity index (χ1v) is 48.0. The van der Waals surface area contributed by atoms with Crippen molar-refractivity contribution in [2.45, 2.75) is 214 Å². The van der Waals surface area contributed by atoms with Crippen LogP contribution in [-0.4, -0.2) is 358 Å². The molecule has 0 saturated carbocycles. The van der Waals surface area contributed by atoms with Gasteiger partial charge in [0, 0.05) is 78.7 Å². The van der Waals surface area contributed by atoms with E-state index in [9.17, 15) is 142 Å². The average molecular weight is 2060 g/mol. The highest BCUT2D eigenvalue weighted by molar-refractivity contribution is 7.98. The molecule has 54 heteroatoms. The lowest BCUT2D eigenvalue weighted by Gasteiger charge is -2.31. The molecule has 1 aliphatic heterocycles. The van der Waals surface area contributed by atoms with E-state index in [2.05, 4.69) is 91.7 Å². The topological polar surface area (TPSA) is 839 Å². The third-order valence-corrected chi connectivity index (χ3v) is 24.2. The van der Waals surface area contributed by atoms with Crippen LogP contribution < -0.4 is 102 Å². The van der Waals surface area contributed by atoms with Crippen LogP contribution in [0, 0.1) is 17.2 Å². The Morgan fingerprint density at radius 2 is 0.931 bits per heavy atom. The number of para-hydroxylation sites is 2. The van der Waals surface area contributed by atoms with Gasteiger partial charge in [0.1, 0.15) is 96.4 Å². The molecular formula is C90H129N23O29S2. The first kappa shape index (κ1) is 118. The number of guanidine groups is 1. The van der Waals surface area contributed by atoms with Crippen LogP contribution in [0.15, 0.2) is 85.2 Å². The summed E-state index contributed by atoms with van der Waals surface area (Å²) in [5.41, 5.74) is 14.4. The number of phenolic OH excluding ortho intramolecular Hbond substituents is 1. The van der Waals surface area contributed by atoms with E-state index in [1.54, 1.807) is 94.9 Å². The van der Waals surface area contributed by atoms with Gasteiger partial charge in [0.25, 0.3) is 0 Å². The zero-order chi connectivity index (χ0) is 107. The molecule has 2 aromatic heterocycles. The summed E-state index contributed by atoms with van der Waals surface area (Å²) in [6.07, 6.45) is 0.0722. The second kappa shape index (κ2) is 58.9. The maximum absolute atomic E-state index is 14.9. The maximum Gasteiger partial charge on any atom is 0.326 e. The number of aromatic hydroxyl groups is 1. The number of likely N-dealkylation sites (tertiary alicyclic amines) is 1. The Balaban J connectivity index is 1.06. The molecule has 0 unspecified atom stereocenters. The molecule has 1 saturated heterocycles. The lowest BCUT2D eigenvalue weighted by atomic mass is 9.97. The number of thioether (sulfide) groups is 1. The third-order valence-electron chi connectivity index (χ3n) is 23.2. The molecule has 17 amide bonds. The summed E-state index contributed by atoms with van der Waals surface area (Å²) in [7, 11) is 0. The Morgan fingerprint density at radius 3 is 1.42 bits per heavy atom. The zero-order valence-corrected chi connectivity index (χ0v) is 81.5. The Labute approximate surface area is 834 Å². The standard InChI is InChI=1S/C90H129N23O29S2/c1-7-44(4)72(111-78(130)57(30-46-20-22-49(119)23-21-46)101-80(132)61(38-114)105-74(126)52(91)26-29-144-6)85(137)98-36-67(120)97-37-68(121)99-56(24-25-69(122)123)76(128)103-59(33-70(124)125)77(129)106-62(39-115)81(133)107-63(40-116)82(134)108-64(41-117)83(135)112-73(45(5)118)87(139)109-65(42-143)88(140)113-28-13-19-66(113)84(136)100-55(18-12-27-94-90(92)93)75(127)102-58(31-47-34-95-53-16-10-8-14-50(47)53)79(131)110-71(43(2)3)86(138)104-60(89(141)142)32-48-35-96-54-17-11-9-15-51(48)54/h8-11,14-17,20-23,34-35,43-45,52,55-66,71-73,95-96,114-119,143H,7,12-13,18-19,24-33,36-42,91H2,1-6H3,(H,97,120)(H,98,137)(H,99,121)(H,100,136)(H,101,132)(H,102,127)(H,103,128)(H,104,138)(H,105,126)(H,106,129)(H,107,133)(H,108,134)(H,109,139)(H,110,131)(H,111,130)(H,112,135)(H,122,123)(H,124,125)(H,141,142)(H4,92,93,94)/t44-,45+,52-,55-,56-,57-,58-,59-,60-,61-,62-,63-,64-,65-,66-,71-,72-,73-/m0/s1. The molecule has 1 aliphatic rings. The summed E-state index contributed by atoms with van der Waals surface area (Å²) in [5.74, 6) is -25.9. The number of aliphatic hydroxyl groups is 5. The van der Waals surface area contributed by atoms with E-state index in [-0.39, 0.29) is 76.6 Å². The Morgan fingerprint density at radius 1 is 0.486 bits per heavy atom. The first-order chi connectivity index (χ1) is 68.3. The van der Waals surface area contributed by atoms with E-state index < -0.39 is 303 Å². The minimum absolute atomic E-state index is 0.00108. The van der Waals surface area contributed by atoms with Crippen molar-refractivity contribution in [3.8, 4) is 5.75 Å². The van der Waals surface area contributed by atoms with Gasteiger partial charge in [-0.1, -0.05) is 82.6 Å². The van der Waals surface area contributed by atoms with Crippen LogP contribution in [0.2, 0.25) is 0 Å². The zero-order valence-electron chi connectivity index (χ0n) is 79.8. The number of aliphatic carboxylic acids is 3. The molecule has 33 N–H and O–H groups in total. The fourth-order valence-corrected chi connectivity index (χ4v) is 15.7. The molecule has 1 fully saturated rings. The summed E-state index contributed by atoms with van der Waals surface area (Å²) in [4.78, 5) is 281. The molecule has 6 rings (SSSR count). The Hall–Kier alpha value is -14.3. The van der Waals surface area contributed by atoms with Crippen LogP contribution in [0.3, 0.4) is 0 Å². The van der Waals surface area contributed by atoms with Gasteiger partial charge in [0.2, 0.25) is 100 Å². The second-order valence-corrected chi connectivity index (χ2v) is 35.7. The molecule has 52 nitrogen and oxygen atoms in total. The van der Waals surface area contributed by atoms with E-state index in [0.29, 0.717) is 33.3 Å². The molecule has 790 valence electrons. The lowest BCUT2D eigenvalue weighted by molar-refractivity contribution is -0.143. The third kappa shape index (κ3) is 36.9. The highest BCUT2D eigenvalue weighted by Gasteiger charge is 2.43. The van der Waals surface area contributed by atoms with Crippen molar-refractivity contribution in [3.63, 3.8) is 0 Å². The number of thiol groups is 1. The average Bonchev–Trinajstić information content (AvgIpc) is 1.64. The molecular weight excluding hydrogens is 1930 g/mol. The van der Waals surface area contributed by atoms with Crippen molar-refractivity contribution < 1.29 is 142 Å². The van der Waals surface area contributed by atoms with Crippen LogP contribution in [0.5, 0.6) is 5.75 Å². The number of phenols is 1. The number of nitrogens with one attached hydrogen (secondary N) is 20. The number of hydrogen-bond donors (Lipinski definition) is 32. The summed E-state index contributed by atoms with van der Waals surface area (Å²) in [6, 6.07) is -7.53. The summed E-state index contributed by atoms with van der Waals surface area (Å²) in [6.45, 7) is 0.480. The van der Waals surface area contributed by atoms with Crippen molar-refractivity contribution in [2.24, 2.45) is 23.3 Å². The van der Waals surface area contributed by atoms with Gasteiger partial charge in [0.05, 0.1) is 58.1 Å². The number of carboxylic acids is 3. The predicted octanol–water partition coefficient (Wildman–Crippen LogP) is -8.86. The minimum atomic E-state index is -2.24. The molecule has 3 aromatic carbocycles. The normalized spacial score (nSPS) is 15.8. The number of aromatic nitrogens is 2. The van der Waals surface area contributed by atoms with Gasteiger partial charge in [-0.15, -0.1) is 0 Å². The molecule has 144 heavy (non-hydrogen) atoms. The van der Waals surface area contributed by atoms with Crippen molar-refractivity contribution in [1.29, 1.82) is 5.41 Å². The minimum Gasteiger partial charge on any atom is -0.508 e. The Bertz CT molecular complexity index is 5340.